The van der Waals surface area contributed by atoms with Gasteiger partial charge in [-0.3, -0.25) is 14.9 Å². The molecule has 1 N–H and O–H groups in total. The highest BCUT2D eigenvalue weighted by molar-refractivity contribution is 6.39. The van der Waals surface area contributed by atoms with Crippen LogP contribution in [-0.2, 0) is 19.1 Å². The van der Waals surface area contributed by atoms with Crippen LogP contribution in [0.3, 0.4) is 0 Å². The molecule has 1 heterocycles. The molecule has 2 aromatic rings. The predicted octanol–water partition coefficient (Wildman–Crippen LogP) is 2.82. The molecule has 0 bridgehead atoms. The molecule has 160 valence electrons. The van der Waals surface area contributed by atoms with E-state index < -0.39 is 29.6 Å². The van der Waals surface area contributed by atoms with Crippen molar-refractivity contribution in [3.63, 3.8) is 0 Å². The monoisotopic (exact) mass is 426 g/mol. The Morgan fingerprint density at radius 3 is 2.42 bits per heavy atom. The second-order valence-electron chi connectivity index (χ2n) is 6.81. The predicted molar refractivity (Wildman–Crippen MR) is 109 cm³/mol. The van der Waals surface area contributed by atoms with Crippen LogP contribution in [-0.4, -0.2) is 36.5 Å². The number of imide groups is 2. The number of anilines is 1. The molecular formula is C22H19FN2O6. The van der Waals surface area contributed by atoms with Crippen molar-refractivity contribution >= 4 is 35.6 Å². The number of urea groups is 1. The number of barbiturate groups is 1. The van der Waals surface area contributed by atoms with E-state index in [1.165, 1.54) is 24.3 Å². The second kappa shape index (κ2) is 9.21. The van der Waals surface area contributed by atoms with Crippen LogP contribution < -0.4 is 15.0 Å². The molecule has 0 spiro atoms. The number of rotatable bonds is 6. The Hall–Kier alpha value is -4.01. The Kier molecular flexibility index (Phi) is 6.44. The molecule has 0 aliphatic carbocycles. The van der Waals surface area contributed by atoms with E-state index in [0.29, 0.717) is 16.2 Å². The van der Waals surface area contributed by atoms with Gasteiger partial charge in [0.25, 0.3) is 11.8 Å². The molecule has 0 saturated carbocycles. The Bertz CT molecular complexity index is 1060. The first-order valence-corrected chi connectivity index (χ1v) is 9.34. The Morgan fingerprint density at radius 2 is 1.77 bits per heavy atom. The minimum Gasteiger partial charge on any atom is -0.482 e. The summed E-state index contributed by atoms with van der Waals surface area (Å²) in [6, 6.07) is 10.4. The maximum absolute atomic E-state index is 14.1. The SMILES string of the molecule is CC(C)OC(=O)COc1ccc(/C=C2\C(=O)NC(=O)N(c3ccccc3F)C2=O)cc1. The van der Waals surface area contributed by atoms with Crippen LogP contribution in [0.2, 0.25) is 0 Å². The van der Waals surface area contributed by atoms with Crippen molar-refractivity contribution in [3.05, 3.63) is 65.5 Å². The quantitative estimate of drug-likeness (QED) is 0.433. The molecule has 1 fully saturated rings. The fourth-order valence-corrected chi connectivity index (χ4v) is 2.78. The lowest BCUT2D eigenvalue weighted by Crippen LogP contribution is -2.54. The standard InChI is InChI=1S/C22H19FN2O6/c1-13(2)31-19(26)12-30-15-9-7-14(8-10-15)11-16-20(27)24-22(29)25(21(16)28)18-6-4-3-5-17(18)23/h3-11,13H,12H2,1-2H3,(H,24,27,29)/b16-11+. The van der Waals surface area contributed by atoms with Gasteiger partial charge >= 0.3 is 12.0 Å². The first-order valence-electron chi connectivity index (χ1n) is 9.34. The summed E-state index contributed by atoms with van der Waals surface area (Å²) in [4.78, 5) is 49.2. The highest BCUT2D eigenvalue weighted by Gasteiger charge is 2.37. The number of benzene rings is 2. The van der Waals surface area contributed by atoms with Gasteiger partial charge in [0.15, 0.2) is 6.61 Å². The zero-order valence-corrected chi connectivity index (χ0v) is 16.8. The number of carbonyl (C=O) groups excluding carboxylic acids is 4. The summed E-state index contributed by atoms with van der Waals surface area (Å²) in [5.41, 5.74) is -0.143. The van der Waals surface area contributed by atoms with Crippen molar-refractivity contribution in [2.75, 3.05) is 11.5 Å². The number of nitrogens with zero attached hydrogens (tertiary/aromatic N) is 1. The summed E-state index contributed by atoms with van der Waals surface area (Å²) >= 11 is 0. The summed E-state index contributed by atoms with van der Waals surface area (Å²) in [5.74, 6) is -2.75. The highest BCUT2D eigenvalue weighted by atomic mass is 19.1. The largest absolute Gasteiger partial charge is 0.482 e. The first kappa shape index (κ1) is 21.7. The fraction of sp³-hybridized carbons (Fsp3) is 0.182. The van der Waals surface area contributed by atoms with E-state index in [4.69, 9.17) is 9.47 Å². The molecular weight excluding hydrogens is 407 g/mol. The molecule has 0 radical (unpaired) electrons. The van der Waals surface area contributed by atoms with E-state index in [9.17, 15) is 23.6 Å². The van der Waals surface area contributed by atoms with Gasteiger partial charge in [-0.2, -0.15) is 0 Å². The van der Waals surface area contributed by atoms with Gasteiger partial charge in [0.05, 0.1) is 11.8 Å². The Balaban J connectivity index is 1.78. The maximum Gasteiger partial charge on any atom is 0.344 e. The van der Waals surface area contributed by atoms with Crippen molar-refractivity contribution < 1.29 is 33.0 Å². The van der Waals surface area contributed by atoms with E-state index in [1.54, 1.807) is 38.1 Å². The van der Waals surface area contributed by atoms with E-state index in [2.05, 4.69) is 0 Å². The topological polar surface area (TPSA) is 102 Å². The number of halogens is 1. The van der Waals surface area contributed by atoms with E-state index in [1.807, 2.05) is 5.32 Å². The molecule has 4 amide bonds. The zero-order chi connectivity index (χ0) is 22.5. The normalized spacial score (nSPS) is 15.3. The molecule has 1 aliphatic heterocycles. The van der Waals surface area contributed by atoms with Gasteiger partial charge in [0, 0.05) is 0 Å². The van der Waals surface area contributed by atoms with E-state index in [-0.39, 0.29) is 24.0 Å². The summed E-state index contributed by atoms with van der Waals surface area (Å²) in [5, 5.41) is 2.03. The lowest BCUT2D eigenvalue weighted by Gasteiger charge is -2.26. The molecule has 3 rings (SSSR count). The molecule has 1 aliphatic rings. The van der Waals surface area contributed by atoms with E-state index in [0.717, 1.165) is 6.07 Å². The molecule has 0 unspecified atom stereocenters. The van der Waals surface area contributed by atoms with Crippen LogP contribution in [0.15, 0.2) is 54.1 Å². The third-order valence-electron chi connectivity index (χ3n) is 4.11. The second-order valence-corrected chi connectivity index (χ2v) is 6.81. The number of esters is 1. The first-order chi connectivity index (χ1) is 14.8. The molecule has 2 aromatic carbocycles. The number of para-hydroxylation sites is 1. The van der Waals surface area contributed by atoms with Crippen LogP contribution in [0.1, 0.15) is 19.4 Å². The lowest BCUT2D eigenvalue weighted by molar-refractivity contribution is -0.149. The average Bonchev–Trinajstić information content (AvgIpc) is 2.71. The number of carbonyl (C=O) groups is 4. The maximum atomic E-state index is 14.1. The van der Waals surface area contributed by atoms with Crippen LogP contribution >= 0.6 is 0 Å². The van der Waals surface area contributed by atoms with Crippen LogP contribution in [0.25, 0.3) is 6.08 Å². The average molecular weight is 426 g/mol. The lowest BCUT2D eigenvalue weighted by atomic mass is 10.1. The summed E-state index contributed by atoms with van der Waals surface area (Å²) in [6.45, 7) is 3.19. The van der Waals surface area contributed by atoms with Gasteiger partial charge in [-0.15, -0.1) is 0 Å². The Morgan fingerprint density at radius 1 is 1.10 bits per heavy atom. The van der Waals surface area contributed by atoms with Gasteiger partial charge in [-0.25, -0.2) is 18.9 Å². The molecule has 9 heteroatoms. The zero-order valence-electron chi connectivity index (χ0n) is 16.8. The Labute approximate surface area is 177 Å². The number of ether oxygens (including phenoxy) is 2. The number of hydrogen-bond acceptors (Lipinski definition) is 6. The highest BCUT2D eigenvalue weighted by Crippen LogP contribution is 2.24. The number of nitrogens with one attached hydrogen (secondary N) is 1. The van der Waals surface area contributed by atoms with Crippen molar-refractivity contribution in [1.29, 1.82) is 0 Å². The third-order valence-corrected chi connectivity index (χ3v) is 4.11. The molecule has 1 saturated heterocycles. The third kappa shape index (κ3) is 5.13. The molecule has 0 aromatic heterocycles. The van der Waals surface area contributed by atoms with Crippen molar-refractivity contribution in [2.45, 2.75) is 20.0 Å². The van der Waals surface area contributed by atoms with Gasteiger partial charge in [-0.05, 0) is 49.8 Å². The van der Waals surface area contributed by atoms with Gasteiger partial charge in [0.1, 0.15) is 17.1 Å². The minimum atomic E-state index is -1.03. The molecule has 8 nitrogen and oxygen atoms in total. The van der Waals surface area contributed by atoms with Crippen molar-refractivity contribution in [1.82, 2.24) is 5.32 Å². The number of hydrogen-bond donors (Lipinski definition) is 1. The summed E-state index contributed by atoms with van der Waals surface area (Å²) < 4.78 is 24.4. The van der Waals surface area contributed by atoms with Crippen LogP contribution in [0, 0.1) is 5.82 Å². The van der Waals surface area contributed by atoms with Gasteiger partial charge in [-0.1, -0.05) is 24.3 Å². The van der Waals surface area contributed by atoms with Crippen LogP contribution in [0.5, 0.6) is 5.75 Å². The van der Waals surface area contributed by atoms with Crippen molar-refractivity contribution in [3.8, 4) is 5.75 Å². The van der Waals surface area contributed by atoms with E-state index >= 15 is 0 Å². The van der Waals surface area contributed by atoms with Gasteiger partial charge < -0.3 is 9.47 Å². The summed E-state index contributed by atoms with van der Waals surface area (Å²) in [7, 11) is 0. The minimum absolute atomic E-state index is 0.250. The van der Waals surface area contributed by atoms with Crippen LogP contribution in [0.4, 0.5) is 14.9 Å². The van der Waals surface area contributed by atoms with Crippen molar-refractivity contribution in [2.24, 2.45) is 0 Å². The molecule has 0 atom stereocenters. The molecule has 31 heavy (non-hydrogen) atoms. The number of amides is 4. The smallest absolute Gasteiger partial charge is 0.344 e. The van der Waals surface area contributed by atoms with Gasteiger partial charge in [0.2, 0.25) is 0 Å². The fourth-order valence-electron chi connectivity index (χ4n) is 2.78. The summed E-state index contributed by atoms with van der Waals surface area (Å²) in [6.07, 6.45) is 1.02.